The van der Waals surface area contributed by atoms with Crippen molar-refractivity contribution in [3.05, 3.63) is 237 Å². The van der Waals surface area contributed by atoms with Gasteiger partial charge >= 0.3 is 0 Å². The zero-order chi connectivity index (χ0) is 42.6. The zero-order valence-electron chi connectivity index (χ0n) is 35.4. The molecule has 3 nitrogen and oxygen atoms in total. The number of rotatable bonds is 5. The van der Waals surface area contributed by atoms with Gasteiger partial charge in [0.1, 0.15) is 0 Å². The van der Waals surface area contributed by atoms with Crippen molar-refractivity contribution < 1.29 is 0 Å². The van der Waals surface area contributed by atoms with Crippen LogP contribution in [0.1, 0.15) is 0 Å². The summed E-state index contributed by atoms with van der Waals surface area (Å²) in [4.78, 5) is 0. The Labute approximate surface area is 374 Å². The third-order valence-corrected chi connectivity index (χ3v) is 13.8. The number of benzene rings is 11. The first kappa shape index (κ1) is 35.9. The largest absolute Gasteiger partial charge is 0.309 e. The molecular weight excluding hydrogens is 787 g/mol. The molecule has 0 bridgehead atoms. The van der Waals surface area contributed by atoms with E-state index >= 15 is 0 Å². The molecule has 0 radical (unpaired) electrons. The van der Waals surface area contributed by atoms with E-state index in [1.54, 1.807) is 0 Å². The Kier molecular flexibility index (Phi) is 7.69. The third kappa shape index (κ3) is 5.36. The molecule has 3 aromatic heterocycles. The molecule has 0 saturated carbocycles. The second-order valence-electron chi connectivity index (χ2n) is 17.3. The van der Waals surface area contributed by atoms with E-state index in [2.05, 4.69) is 250 Å². The molecule has 3 heterocycles. The lowest BCUT2D eigenvalue weighted by Crippen LogP contribution is -1.97. The summed E-state index contributed by atoms with van der Waals surface area (Å²) in [5, 5.41) is 12.4. The minimum Gasteiger partial charge on any atom is -0.309 e. The number of para-hydroxylation sites is 4. The molecule has 14 aromatic rings. The van der Waals surface area contributed by atoms with Crippen LogP contribution in [0.2, 0.25) is 0 Å². The maximum absolute atomic E-state index is 2.52. The average molecular weight is 826 g/mol. The van der Waals surface area contributed by atoms with Crippen LogP contribution in [-0.4, -0.2) is 13.7 Å². The molecule has 0 aliphatic carbocycles. The monoisotopic (exact) mass is 825 g/mol. The Morgan fingerprint density at radius 2 is 0.585 bits per heavy atom. The van der Waals surface area contributed by atoms with Gasteiger partial charge < -0.3 is 13.7 Å². The first-order valence-corrected chi connectivity index (χ1v) is 22.4. The molecule has 0 unspecified atom stereocenters. The topological polar surface area (TPSA) is 14.8 Å². The fourth-order valence-electron chi connectivity index (χ4n) is 10.9. The van der Waals surface area contributed by atoms with Crippen molar-refractivity contribution in [2.24, 2.45) is 0 Å². The van der Waals surface area contributed by atoms with Crippen molar-refractivity contribution in [2.45, 2.75) is 0 Å². The summed E-state index contributed by atoms with van der Waals surface area (Å²) >= 11 is 0. The molecule has 14 rings (SSSR count). The van der Waals surface area contributed by atoms with Crippen molar-refractivity contribution in [2.75, 3.05) is 0 Å². The van der Waals surface area contributed by atoms with Gasteiger partial charge in [-0.25, -0.2) is 0 Å². The summed E-state index contributed by atoms with van der Waals surface area (Å²) in [6.07, 6.45) is 0. The highest BCUT2D eigenvalue weighted by Crippen LogP contribution is 2.43. The molecule has 11 aromatic carbocycles. The van der Waals surface area contributed by atoms with Crippen molar-refractivity contribution in [3.8, 4) is 39.3 Å². The van der Waals surface area contributed by atoms with Crippen LogP contribution in [0.15, 0.2) is 237 Å². The molecule has 0 saturated heterocycles. The normalized spacial score (nSPS) is 12.0. The lowest BCUT2D eigenvalue weighted by atomic mass is 9.99. The minimum absolute atomic E-state index is 1.15. The molecule has 302 valence electrons. The summed E-state index contributed by atoms with van der Waals surface area (Å²) in [5.74, 6) is 0. The number of hydrogen-bond acceptors (Lipinski definition) is 0. The van der Waals surface area contributed by atoms with E-state index in [0.29, 0.717) is 0 Å². The van der Waals surface area contributed by atoms with Crippen LogP contribution in [0.3, 0.4) is 0 Å². The summed E-state index contributed by atoms with van der Waals surface area (Å²) in [5.41, 5.74) is 15.5. The van der Waals surface area contributed by atoms with E-state index in [9.17, 15) is 0 Å². The predicted octanol–water partition coefficient (Wildman–Crippen LogP) is 16.6. The lowest BCUT2D eigenvalue weighted by Gasteiger charge is -2.16. The molecule has 0 spiro atoms. The van der Waals surface area contributed by atoms with Crippen molar-refractivity contribution in [1.29, 1.82) is 0 Å². The second kappa shape index (κ2) is 13.9. The summed E-state index contributed by atoms with van der Waals surface area (Å²) in [6, 6.07) is 87.1. The van der Waals surface area contributed by atoms with Crippen LogP contribution in [0.25, 0.3) is 126 Å². The van der Waals surface area contributed by atoms with Crippen LogP contribution in [0.4, 0.5) is 0 Å². The van der Waals surface area contributed by atoms with Crippen LogP contribution in [0.5, 0.6) is 0 Å². The van der Waals surface area contributed by atoms with Crippen molar-refractivity contribution in [1.82, 2.24) is 13.7 Å². The molecule has 0 fully saturated rings. The van der Waals surface area contributed by atoms with Gasteiger partial charge in [-0.2, -0.15) is 0 Å². The molecule has 0 aliphatic heterocycles. The van der Waals surface area contributed by atoms with Gasteiger partial charge in [0.15, 0.2) is 0 Å². The maximum Gasteiger partial charge on any atom is 0.0618 e. The molecule has 3 heteroatoms. The first-order valence-electron chi connectivity index (χ1n) is 22.4. The van der Waals surface area contributed by atoms with Crippen LogP contribution in [0, 0.1) is 0 Å². The first-order chi connectivity index (χ1) is 32.2. The molecule has 0 atom stereocenters. The Morgan fingerprint density at radius 1 is 0.200 bits per heavy atom. The quantitative estimate of drug-likeness (QED) is 0.154. The number of hydrogen-bond donors (Lipinski definition) is 0. The van der Waals surface area contributed by atoms with Crippen LogP contribution in [-0.2, 0) is 0 Å². The van der Waals surface area contributed by atoms with Gasteiger partial charge in [0.25, 0.3) is 0 Å². The molecular formula is C62H39N3. The highest BCUT2D eigenvalue weighted by atomic mass is 15.0. The van der Waals surface area contributed by atoms with E-state index in [-0.39, 0.29) is 0 Å². The third-order valence-electron chi connectivity index (χ3n) is 13.8. The van der Waals surface area contributed by atoms with Gasteiger partial charge in [0.05, 0.1) is 38.8 Å². The summed E-state index contributed by atoms with van der Waals surface area (Å²) in [7, 11) is 0. The van der Waals surface area contributed by atoms with Crippen LogP contribution < -0.4 is 0 Å². The molecule has 0 amide bonds. The Bertz CT molecular complexity index is 4110. The van der Waals surface area contributed by atoms with E-state index in [4.69, 9.17) is 0 Å². The van der Waals surface area contributed by atoms with Crippen LogP contribution >= 0.6 is 0 Å². The van der Waals surface area contributed by atoms with E-state index in [1.165, 1.54) is 115 Å². The number of aromatic nitrogens is 3. The lowest BCUT2D eigenvalue weighted by molar-refractivity contribution is 1.18. The van der Waals surface area contributed by atoms with Gasteiger partial charge in [0.2, 0.25) is 0 Å². The van der Waals surface area contributed by atoms with E-state index in [1.807, 2.05) is 0 Å². The number of nitrogens with zero attached hydrogens (tertiary/aromatic N) is 3. The standard InChI is InChI=1S/C62H39N3/c1-2-16-46(17-3-1)64-58-25-13-10-22-52(58)53-33-28-43(39-61(53)64)42-30-35-60-55(38-42)54-37-41(29-34-59(54)65(60)62-48-18-6-4-14-44(48)36-45-15-5-7-19-49(45)62)40-26-31-47(32-27-40)63-56-23-11-8-20-50(56)51-21-9-12-24-57(51)63/h1-39H. The Hall–Kier alpha value is -8.66. The van der Waals surface area contributed by atoms with Gasteiger partial charge in [-0.15, -0.1) is 0 Å². The fourth-order valence-corrected chi connectivity index (χ4v) is 10.9. The minimum atomic E-state index is 1.15. The highest BCUT2D eigenvalue weighted by Gasteiger charge is 2.20. The van der Waals surface area contributed by atoms with E-state index in [0.717, 1.165) is 11.4 Å². The summed E-state index contributed by atoms with van der Waals surface area (Å²) in [6.45, 7) is 0. The predicted molar refractivity (Wildman–Crippen MR) is 275 cm³/mol. The second-order valence-corrected chi connectivity index (χ2v) is 17.3. The Balaban J connectivity index is 0.990. The van der Waals surface area contributed by atoms with Gasteiger partial charge in [-0.05, 0) is 112 Å². The van der Waals surface area contributed by atoms with Crippen molar-refractivity contribution in [3.63, 3.8) is 0 Å². The maximum atomic E-state index is 2.52. The summed E-state index contributed by atoms with van der Waals surface area (Å²) < 4.78 is 7.31. The highest BCUT2D eigenvalue weighted by molar-refractivity contribution is 6.17. The van der Waals surface area contributed by atoms with Crippen molar-refractivity contribution >= 4 is 87.0 Å². The van der Waals surface area contributed by atoms with Gasteiger partial charge in [0, 0.05) is 54.5 Å². The van der Waals surface area contributed by atoms with Gasteiger partial charge in [-0.3, -0.25) is 0 Å². The Morgan fingerprint density at radius 3 is 1.15 bits per heavy atom. The molecule has 0 aliphatic rings. The van der Waals surface area contributed by atoms with E-state index < -0.39 is 0 Å². The molecule has 65 heavy (non-hydrogen) atoms. The fraction of sp³-hybridized carbons (Fsp3) is 0. The van der Waals surface area contributed by atoms with Gasteiger partial charge in [-0.1, -0.05) is 158 Å². The number of fused-ring (bicyclic) bond motifs is 11. The smallest absolute Gasteiger partial charge is 0.0618 e. The molecule has 0 N–H and O–H groups in total. The zero-order valence-corrected chi connectivity index (χ0v) is 35.4. The SMILES string of the molecule is c1ccc(-n2c3ccccc3c3ccc(-c4ccc5c(c4)c4cc(-c6ccc(-n7c8ccccc8c8ccccc87)cc6)ccc4n5-c4c5ccccc5cc5ccccc45)cc32)cc1. The average Bonchev–Trinajstić information content (AvgIpc) is 4.01.